The van der Waals surface area contributed by atoms with Crippen molar-refractivity contribution in [1.82, 2.24) is 4.90 Å². The third-order valence-electron chi connectivity index (χ3n) is 4.03. The average Bonchev–Trinajstić information content (AvgIpc) is 2.86. The molecule has 0 aromatic rings. The van der Waals surface area contributed by atoms with Crippen LogP contribution in [-0.2, 0) is 19.1 Å². The molecule has 0 spiro atoms. The first-order valence-electron chi connectivity index (χ1n) is 6.99. The molecular weight excluding hydrogens is 246 g/mol. The molecule has 2 heterocycles. The van der Waals surface area contributed by atoms with Crippen molar-refractivity contribution in [3.8, 4) is 0 Å². The molecule has 2 fully saturated rings. The summed E-state index contributed by atoms with van der Waals surface area (Å²) >= 11 is 0. The number of hydrogen-bond acceptors (Lipinski definition) is 4. The van der Waals surface area contributed by atoms with Gasteiger partial charge in [0, 0.05) is 18.4 Å². The van der Waals surface area contributed by atoms with Crippen molar-refractivity contribution in [2.24, 2.45) is 5.92 Å². The van der Waals surface area contributed by atoms with Crippen LogP contribution in [0.2, 0.25) is 0 Å². The van der Waals surface area contributed by atoms with Crippen LogP contribution in [0.25, 0.3) is 0 Å². The summed E-state index contributed by atoms with van der Waals surface area (Å²) < 4.78 is 11.1. The van der Waals surface area contributed by atoms with Gasteiger partial charge in [-0.15, -0.1) is 0 Å². The zero-order valence-corrected chi connectivity index (χ0v) is 12.0. The molecule has 1 amide bonds. The third-order valence-corrected chi connectivity index (χ3v) is 4.03. The lowest BCUT2D eigenvalue weighted by Crippen LogP contribution is -2.36. The number of hydrogen-bond donors (Lipinski definition) is 0. The molecule has 5 nitrogen and oxygen atoms in total. The Labute approximate surface area is 114 Å². The van der Waals surface area contributed by atoms with Crippen molar-refractivity contribution in [2.45, 2.75) is 51.9 Å². The molecule has 5 heteroatoms. The molecule has 0 radical (unpaired) electrons. The molecule has 0 aromatic heterocycles. The highest BCUT2D eigenvalue weighted by Crippen LogP contribution is 2.32. The largest absolute Gasteiger partial charge is 0.348 e. The minimum absolute atomic E-state index is 0.000949. The predicted octanol–water partition coefficient (Wildman–Crippen LogP) is 1.36. The van der Waals surface area contributed by atoms with Gasteiger partial charge in [-0.2, -0.15) is 0 Å². The Morgan fingerprint density at radius 2 is 2.05 bits per heavy atom. The van der Waals surface area contributed by atoms with Crippen LogP contribution in [0.4, 0.5) is 0 Å². The maximum Gasteiger partial charge on any atom is 0.226 e. The molecule has 2 saturated heterocycles. The van der Waals surface area contributed by atoms with E-state index in [1.165, 1.54) is 6.92 Å². The fraction of sp³-hybridized carbons (Fsp3) is 0.857. The van der Waals surface area contributed by atoms with Gasteiger partial charge in [-0.25, -0.2) is 0 Å². The Hall–Kier alpha value is -0.940. The fourth-order valence-corrected chi connectivity index (χ4v) is 2.94. The van der Waals surface area contributed by atoms with Gasteiger partial charge < -0.3 is 14.4 Å². The lowest BCUT2D eigenvalue weighted by molar-refractivity contribution is -0.151. The van der Waals surface area contributed by atoms with Crippen molar-refractivity contribution in [2.75, 3.05) is 19.8 Å². The summed E-state index contributed by atoms with van der Waals surface area (Å²) in [5.74, 6) is -0.393. The predicted molar refractivity (Wildman–Crippen MR) is 69.5 cm³/mol. The first-order valence-corrected chi connectivity index (χ1v) is 6.99. The SMILES string of the molecule is CC(=O)CN1C(=O)C(CCC2(C)OCCO2)CC1C. The molecule has 19 heavy (non-hydrogen) atoms. The highest BCUT2D eigenvalue weighted by atomic mass is 16.7. The van der Waals surface area contributed by atoms with Crippen molar-refractivity contribution in [3.05, 3.63) is 0 Å². The third kappa shape index (κ3) is 3.34. The highest BCUT2D eigenvalue weighted by Gasteiger charge is 2.39. The van der Waals surface area contributed by atoms with Gasteiger partial charge in [0.25, 0.3) is 0 Å². The van der Waals surface area contributed by atoms with E-state index in [4.69, 9.17) is 9.47 Å². The second kappa shape index (κ2) is 5.59. The van der Waals surface area contributed by atoms with E-state index in [-0.39, 0.29) is 30.2 Å². The summed E-state index contributed by atoms with van der Waals surface area (Å²) in [4.78, 5) is 25.1. The highest BCUT2D eigenvalue weighted by molar-refractivity contribution is 5.87. The number of carbonyl (C=O) groups excluding carboxylic acids is 2. The van der Waals surface area contributed by atoms with Crippen LogP contribution in [0.15, 0.2) is 0 Å². The van der Waals surface area contributed by atoms with Crippen molar-refractivity contribution >= 4 is 11.7 Å². The van der Waals surface area contributed by atoms with E-state index in [0.29, 0.717) is 13.2 Å². The number of amides is 1. The van der Waals surface area contributed by atoms with Gasteiger partial charge in [0.15, 0.2) is 5.79 Å². The summed E-state index contributed by atoms with van der Waals surface area (Å²) in [7, 11) is 0. The topological polar surface area (TPSA) is 55.8 Å². The van der Waals surface area contributed by atoms with Crippen LogP contribution in [0.5, 0.6) is 0 Å². The molecule has 0 bridgehead atoms. The molecule has 0 N–H and O–H groups in total. The number of rotatable bonds is 5. The first-order chi connectivity index (χ1) is 8.91. The quantitative estimate of drug-likeness (QED) is 0.756. The normalized spacial score (nSPS) is 30.1. The van der Waals surface area contributed by atoms with E-state index in [9.17, 15) is 9.59 Å². The van der Waals surface area contributed by atoms with Crippen LogP contribution in [-0.4, -0.2) is 48.2 Å². The molecule has 0 aromatic carbocycles. The Morgan fingerprint density at radius 3 is 2.63 bits per heavy atom. The van der Waals surface area contributed by atoms with Gasteiger partial charge in [0.05, 0.1) is 19.8 Å². The average molecular weight is 269 g/mol. The summed E-state index contributed by atoms with van der Waals surface area (Å²) in [5.41, 5.74) is 0. The zero-order valence-electron chi connectivity index (χ0n) is 12.0. The molecule has 2 unspecified atom stereocenters. The van der Waals surface area contributed by atoms with Gasteiger partial charge in [-0.05, 0) is 33.6 Å². The number of Topliss-reactive ketones (excluding diaryl/α,β-unsaturated/α-hetero) is 1. The summed E-state index contributed by atoms with van der Waals surface area (Å²) in [6, 6.07) is 0.152. The smallest absolute Gasteiger partial charge is 0.226 e. The Morgan fingerprint density at radius 1 is 1.42 bits per heavy atom. The van der Waals surface area contributed by atoms with Gasteiger partial charge in [-0.3, -0.25) is 9.59 Å². The van der Waals surface area contributed by atoms with Crippen molar-refractivity contribution in [3.63, 3.8) is 0 Å². The Bertz CT molecular complexity index is 362. The number of likely N-dealkylation sites (tertiary alicyclic amines) is 1. The second-order valence-electron chi connectivity index (χ2n) is 5.82. The van der Waals surface area contributed by atoms with E-state index in [1.807, 2.05) is 13.8 Å². The van der Waals surface area contributed by atoms with Gasteiger partial charge in [0.1, 0.15) is 5.78 Å². The van der Waals surface area contributed by atoms with Crippen LogP contribution in [0, 0.1) is 5.92 Å². The van der Waals surface area contributed by atoms with E-state index < -0.39 is 5.79 Å². The fourth-order valence-electron chi connectivity index (χ4n) is 2.94. The van der Waals surface area contributed by atoms with E-state index >= 15 is 0 Å². The summed E-state index contributed by atoms with van der Waals surface area (Å²) in [6.45, 7) is 6.95. The summed E-state index contributed by atoms with van der Waals surface area (Å²) in [5, 5.41) is 0. The number of ether oxygens (including phenoxy) is 2. The lowest BCUT2D eigenvalue weighted by Gasteiger charge is -2.23. The minimum Gasteiger partial charge on any atom is -0.348 e. The van der Waals surface area contributed by atoms with E-state index in [2.05, 4.69) is 0 Å². The second-order valence-corrected chi connectivity index (χ2v) is 5.82. The number of ketones is 1. The number of nitrogens with zero attached hydrogens (tertiary/aromatic N) is 1. The van der Waals surface area contributed by atoms with E-state index in [1.54, 1.807) is 4.90 Å². The molecule has 0 saturated carbocycles. The van der Waals surface area contributed by atoms with Gasteiger partial charge >= 0.3 is 0 Å². The molecule has 2 aliphatic heterocycles. The van der Waals surface area contributed by atoms with Gasteiger partial charge in [-0.1, -0.05) is 0 Å². The Balaban J connectivity index is 1.88. The number of carbonyl (C=O) groups is 2. The molecule has 2 rings (SSSR count). The maximum absolute atomic E-state index is 12.3. The lowest BCUT2D eigenvalue weighted by atomic mass is 9.97. The molecule has 0 aliphatic carbocycles. The molecule has 108 valence electrons. The van der Waals surface area contributed by atoms with Crippen LogP contribution < -0.4 is 0 Å². The van der Waals surface area contributed by atoms with Crippen LogP contribution in [0.1, 0.15) is 40.0 Å². The Kier molecular flexibility index (Phi) is 4.26. The van der Waals surface area contributed by atoms with Gasteiger partial charge in [0.2, 0.25) is 5.91 Å². The molecular formula is C14H23NO4. The van der Waals surface area contributed by atoms with Crippen molar-refractivity contribution in [1.29, 1.82) is 0 Å². The molecule has 2 aliphatic rings. The summed E-state index contributed by atoms with van der Waals surface area (Å²) in [6.07, 6.45) is 2.31. The first kappa shape index (κ1) is 14.5. The maximum atomic E-state index is 12.3. The zero-order chi connectivity index (χ0) is 14.0. The molecule has 2 atom stereocenters. The van der Waals surface area contributed by atoms with E-state index in [0.717, 1.165) is 19.3 Å². The monoisotopic (exact) mass is 269 g/mol. The van der Waals surface area contributed by atoms with Crippen molar-refractivity contribution < 1.29 is 19.1 Å². The standard InChI is InChI=1S/C14H23NO4/c1-10-8-12(13(17)15(10)9-11(2)16)4-5-14(3)18-6-7-19-14/h10,12H,4-9H2,1-3H3. The van der Waals surface area contributed by atoms with Crippen LogP contribution in [0.3, 0.4) is 0 Å². The van der Waals surface area contributed by atoms with Crippen LogP contribution >= 0.6 is 0 Å². The minimum atomic E-state index is -0.530.